The number of hydrogen-bond donors (Lipinski definition) is 1. The van der Waals surface area contributed by atoms with Crippen molar-refractivity contribution < 1.29 is 13.2 Å². The molecule has 0 saturated carbocycles. The maximum atomic E-state index is 12.3. The summed E-state index contributed by atoms with van der Waals surface area (Å²) in [4.78, 5) is 12.3. The number of hydrogen-bond acceptors (Lipinski definition) is 4. The van der Waals surface area contributed by atoms with Crippen molar-refractivity contribution in [3.63, 3.8) is 0 Å². The molecule has 0 saturated heterocycles. The van der Waals surface area contributed by atoms with Gasteiger partial charge in [-0.2, -0.15) is 5.10 Å². The number of rotatable bonds is 7. The molecular formula is C22H20ClN3O3S. The quantitative estimate of drug-likeness (QED) is 0.443. The van der Waals surface area contributed by atoms with Gasteiger partial charge in [-0.05, 0) is 47.5 Å². The van der Waals surface area contributed by atoms with Crippen molar-refractivity contribution >= 4 is 39.4 Å². The Bertz CT molecular complexity index is 1130. The molecule has 3 aromatic carbocycles. The fourth-order valence-corrected chi connectivity index (χ4v) is 3.71. The zero-order valence-corrected chi connectivity index (χ0v) is 17.8. The number of anilines is 1. The molecule has 154 valence electrons. The molecule has 0 heterocycles. The van der Waals surface area contributed by atoms with Crippen LogP contribution in [0.25, 0.3) is 0 Å². The van der Waals surface area contributed by atoms with E-state index in [4.69, 9.17) is 11.6 Å². The van der Waals surface area contributed by atoms with Gasteiger partial charge in [-0.15, -0.1) is 0 Å². The summed E-state index contributed by atoms with van der Waals surface area (Å²) in [7, 11) is -3.46. The number of sulfonamides is 1. The van der Waals surface area contributed by atoms with Gasteiger partial charge in [0.2, 0.25) is 10.0 Å². The summed E-state index contributed by atoms with van der Waals surface area (Å²) in [6.07, 6.45) is 2.69. The van der Waals surface area contributed by atoms with Gasteiger partial charge in [0.05, 0.1) is 24.7 Å². The van der Waals surface area contributed by atoms with E-state index in [1.54, 1.807) is 72.8 Å². The normalized spacial score (nSPS) is 11.4. The van der Waals surface area contributed by atoms with Crippen LogP contribution in [0.1, 0.15) is 21.5 Å². The van der Waals surface area contributed by atoms with Crippen LogP contribution >= 0.6 is 11.6 Å². The van der Waals surface area contributed by atoms with Crippen LogP contribution in [-0.4, -0.2) is 26.8 Å². The van der Waals surface area contributed by atoms with Crippen LogP contribution in [0.3, 0.4) is 0 Å². The van der Waals surface area contributed by atoms with E-state index in [-0.39, 0.29) is 12.5 Å². The highest BCUT2D eigenvalue weighted by Crippen LogP contribution is 2.20. The van der Waals surface area contributed by atoms with Gasteiger partial charge in [-0.25, -0.2) is 13.8 Å². The Morgan fingerprint density at radius 1 is 1.00 bits per heavy atom. The molecule has 3 aromatic rings. The molecule has 0 unspecified atom stereocenters. The molecule has 0 bridgehead atoms. The highest BCUT2D eigenvalue weighted by molar-refractivity contribution is 7.92. The van der Waals surface area contributed by atoms with E-state index in [1.165, 1.54) is 16.8 Å². The van der Waals surface area contributed by atoms with Crippen molar-refractivity contribution in [2.45, 2.75) is 6.54 Å². The summed E-state index contributed by atoms with van der Waals surface area (Å²) in [6, 6.07) is 22.6. The minimum Gasteiger partial charge on any atom is -0.267 e. The smallest absolute Gasteiger partial charge is 0.267 e. The van der Waals surface area contributed by atoms with Gasteiger partial charge in [-0.3, -0.25) is 9.10 Å². The molecule has 0 radical (unpaired) electrons. The second-order valence-electron chi connectivity index (χ2n) is 6.55. The van der Waals surface area contributed by atoms with E-state index in [0.717, 1.165) is 11.1 Å². The second-order valence-corrected chi connectivity index (χ2v) is 8.90. The number of para-hydroxylation sites is 1. The highest BCUT2D eigenvalue weighted by atomic mass is 35.5. The number of amides is 1. The summed E-state index contributed by atoms with van der Waals surface area (Å²) in [5.41, 5.74) is 5.02. The molecule has 30 heavy (non-hydrogen) atoms. The standard InChI is InChI=1S/C22H20ClN3O3S/c1-30(28,29)26(21-5-3-2-4-6-21)16-18-7-11-19(12-8-18)22(27)25-24-15-17-9-13-20(23)14-10-17/h2-15H,16H2,1H3,(H,25,27)/b24-15+. The fraction of sp³-hybridized carbons (Fsp3) is 0.0909. The van der Waals surface area contributed by atoms with Crippen LogP contribution in [0.2, 0.25) is 5.02 Å². The van der Waals surface area contributed by atoms with Crippen molar-refractivity contribution in [1.82, 2.24) is 5.43 Å². The van der Waals surface area contributed by atoms with Crippen LogP contribution in [-0.2, 0) is 16.6 Å². The molecule has 3 rings (SSSR count). The van der Waals surface area contributed by atoms with Crippen LogP contribution in [0.4, 0.5) is 5.69 Å². The molecule has 0 fully saturated rings. The molecule has 0 spiro atoms. The van der Waals surface area contributed by atoms with Crippen molar-refractivity contribution in [2.24, 2.45) is 5.10 Å². The summed E-state index contributed by atoms with van der Waals surface area (Å²) in [6.45, 7) is 0.166. The minimum atomic E-state index is -3.46. The van der Waals surface area contributed by atoms with Gasteiger partial charge < -0.3 is 0 Å². The van der Waals surface area contributed by atoms with E-state index >= 15 is 0 Å². The number of benzene rings is 3. The summed E-state index contributed by atoms with van der Waals surface area (Å²) < 4.78 is 25.7. The predicted octanol–water partition coefficient (Wildman–Crippen LogP) is 4.07. The Labute approximate surface area is 180 Å². The zero-order chi connectivity index (χ0) is 21.6. The average Bonchev–Trinajstić information content (AvgIpc) is 2.73. The molecule has 0 atom stereocenters. The molecule has 0 aliphatic rings. The predicted molar refractivity (Wildman–Crippen MR) is 120 cm³/mol. The maximum absolute atomic E-state index is 12.3. The van der Waals surface area contributed by atoms with Crippen molar-refractivity contribution in [3.8, 4) is 0 Å². The largest absolute Gasteiger partial charge is 0.271 e. The number of nitrogens with one attached hydrogen (secondary N) is 1. The molecule has 8 heteroatoms. The van der Waals surface area contributed by atoms with Gasteiger partial charge in [-0.1, -0.05) is 54.1 Å². The molecule has 0 aliphatic heterocycles. The summed E-state index contributed by atoms with van der Waals surface area (Å²) >= 11 is 5.83. The lowest BCUT2D eigenvalue weighted by Gasteiger charge is -2.22. The van der Waals surface area contributed by atoms with Gasteiger partial charge in [0.1, 0.15) is 0 Å². The third kappa shape index (κ3) is 5.92. The Hall–Kier alpha value is -3.16. The fourth-order valence-electron chi connectivity index (χ4n) is 2.70. The highest BCUT2D eigenvalue weighted by Gasteiger charge is 2.17. The molecule has 1 amide bonds. The molecule has 1 N–H and O–H groups in total. The molecule has 6 nitrogen and oxygen atoms in total. The maximum Gasteiger partial charge on any atom is 0.271 e. The second kappa shape index (κ2) is 9.56. The third-order valence-electron chi connectivity index (χ3n) is 4.24. The van der Waals surface area contributed by atoms with Crippen LogP contribution in [0.15, 0.2) is 84.0 Å². The van der Waals surface area contributed by atoms with E-state index < -0.39 is 10.0 Å². The van der Waals surface area contributed by atoms with Crippen LogP contribution in [0.5, 0.6) is 0 Å². The Morgan fingerprint density at radius 2 is 1.63 bits per heavy atom. The third-order valence-corrected chi connectivity index (χ3v) is 5.63. The van der Waals surface area contributed by atoms with E-state index in [0.29, 0.717) is 16.3 Å². The lowest BCUT2D eigenvalue weighted by atomic mass is 10.1. The van der Waals surface area contributed by atoms with Crippen LogP contribution < -0.4 is 9.73 Å². The van der Waals surface area contributed by atoms with Crippen molar-refractivity contribution in [1.29, 1.82) is 0 Å². The zero-order valence-electron chi connectivity index (χ0n) is 16.2. The van der Waals surface area contributed by atoms with E-state index in [1.807, 2.05) is 6.07 Å². The topological polar surface area (TPSA) is 78.8 Å². The lowest BCUT2D eigenvalue weighted by Crippen LogP contribution is -2.29. The SMILES string of the molecule is CS(=O)(=O)N(Cc1ccc(C(=O)N/N=C/c2ccc(Cl)cc2)cc1)c1ccccc1. The van der Waals surface area contributed by atoms with E-state index in [9.17, 15) is 13.2 Å². The monoisotopic (exact) mass is 441 g/mol. The molecule has 0 aliphatic carbocycles. The number of nitrogens with zero attached hydrogens (tertiary/aromatic N) is 2. The van der Waals surface area contributed by atoms with Crippen LogP contribution in [0, 0.1) is 0 Å². The lowest BCUT2D eigenvalue weighted by molar-refractivity contribution is 0.0955. The number of halogens is 1. The Balaban J connectivity index is 1.66. The minimum absolute atomic E-state index is 0.166. The van der Waals surface area contributed by atoms with Gasteiger partial charge in [0.15, 0.2) is 0 Å². The number of hydrazone groups is 1. The van der Waals surface area contributed by atoms with Crippen molar-refractivity contribution in [2.75, 3.05) is 10.6 Å². The first-order chi connectivity index (χ1) is 14.3. The average molecular weight is 442 g/mol. The first-order valence-corrected chi connectivity index (χ1v) is 11.3. The van der Waals surface area contributed by atoms with E-state index in [2.05, 4.69) is 10.5 Å². The molecule has 0 aromatic heterocycles. The summed E-state index contributed by atoms with van der Waals surface area (Å²) in [5.74, 6) is -0.366. The first-order valence-electron chi connectivity index (χ1n) is 9.03. The Morgan fingerprint density at radius 3 is 2.23 bits per heavy atom. The number of carbonyl (C=O) groups excluding carboxylic acids is 1. The van der Waals surface area contributed by atoms with Gasteiger partial charge in [0, 0.05) is 10.6 Å². The Kier molecular flexibility index (Phi) is 6.87. The molecular weight excluding hydrogens is 422 g/mol. The van der Waals surface area contributed by atoms with Gasteiger partial charge >= 0.3 is 0 Å². The first kappa shape index (κ1) is 21.5. The number of carbonyl (C=O) groups is 1. The van der Waals surface area contributed by atoms with Crippen molar-refractivity contribution in [3.05, 3.63) is 101 Å². The summed E-state index contributed by atoms with van der Waals surface area (Å²) in [5, 5.41) is 4.56. The van der Waals surface area contributed by atoms with Gasteiger partial charge in [0.25, 0.3) is 5.91 Å².